The summed E-state index contributed by atoms with van der Waals surface area (Å²) in [5, 5.41) is 19.7. The third-order valence-electron chi connectivity index (χ3n) is 2.93. The van der Waals surface area contributed by atoms with Crippen LogP contribution in [0, 0.1) is 23.0 Å². The SMILES string of the molecule is Cc1ccc([N+](=O)[O-])cc1OC(C(=O)O)C1CC1. The molecule has 1 unspecified atom stereocenters. The fourth-order valence-corrected chi connectivity index (χ4v) is 1.71. The number of rotatable bonds is 5. The molecule has 0 amide bonds. The minimum atomic E-state index is -1.02. The van der Waals surface area contributed by atoms with Crippen LogP contribution in [0.2, 0.25) is 0 Å². The highest BCUT2D eigenvalue weighted by molar-refractivity contribution is 5.73. The van der Waals surface area contributed by atoms with E-state index in [1.807, 2.05) is 0 Å². The van der Waals surface area contributed by atoms with Gasteiger partial charge in [-0.3, -0.25) is 10.1 Å². The zero-order valence-electron chi connectivity index (χ0n) is 9.83. The van der Waals surface area contributed by atoms with Crippen molar-refractivity contribution < 1.29 is 19.6 Å². The third kappa shape index (κ3) is 2.58. The van der Waals surface area contributed by atoms with E-state index in [0.717, 1.165) is 12.8 Å². The van der Waals surface area contributed by atoms with Gasteiger partial charge in [0.2, 0.25) is 0 Å². The number of non-ortho nitro benzene ring substituents is 1. The van der Waals surface area contributed by atoms with Gasteiger partial charge in [-0.25, -0.2) is 4.79 Å². The van der Waals surface area contributed by atoms with Crippen molar-refractivity contribution in [2.75, 3.05) is 0 Å². The molecule has 1 aromatic rings. The molecular formula is C12H13NO5. The monoisotopic (exact) mass is 251 g/mol. The molecule has 0 aromatic heterocycles. The van der Waals surface area contributed by atoms with E-state index in [4.69, 9.17) is 9.84 Å². The Hall–Kier alpha value is -2.11. The van der Waals surface area contributed by atoms with Gasteiger partial charge in [-0.15, -0.1) is 0 Å². The van der Waals surface area contributed by atoms with E-state index < -0.39 is 17.0 Å². The maximum absolute atomic E-state index is 11.1. The molecule has 1 saturated carbocycles. The summed E-state index contributed by atoms with van der Waals surface area (Å²) in [5.41, 5.74) is 0.586. The van der Waals surface area contributed by atoms with Crippen molar-refractivity contribution in [2.45, 2.75) is 25.9 Å². The largest absolute Gasteiger partial charge is 0.478 e. The minimum absolute atomic E-state index is 0.0150. The average molecular weight is 251 g/mol. The predicted octanol–water partition coefficient (Wildman–Crippen LogP) is 2.15. The molecule has 1 aliphatic carbocycles. The van der Waals surface area contributed by atoms with Crippen LogP contribution in [0.15, 0.2) is 18.2 Å². The Kier molecular flexibility index (Phi) is 3.18. The van der Waals surface area contributed by atoms with E-state index in [1.54, 1.807) is 13.0 Å². The number of ether oxygens (including phenoxy) is 1. The number of nitrogens with zero attached hydrogens (tertiary/aromatic N) is 1. The van der Waals surface area contributed by atoms with Crippen LogP contribution in [-0.4, -0.2) is 22.1 Å². The lowest BCUT2D eigenvalue weighted by Crippen LogP contribution is -2.29. The van der Waals surface area contributed by atoms with E-state index in [9.17, 15) is 14.9 Å². The van der Waals surface area contributed by atoms with Gasteiger partial charge in [-0.1, -0.05) is 0 Å². The number of nitro benzene ring substituents is 1. The summed E-state index contributed by atoms with van der Waals surface area (Å²) in [7, 11) is 0. The second-order valence-electron chi connectivity index (χ2n) is 4.42. The first-order chi connectivity index (χ1) is 8.49. The van der Waals surface area contributed by atoms with Crippen molar-refractivity contribution in [3.8, 4) is 5.75 Å². The molecule has 1 aliphatic rings. The summed E-state index contributed by atoms with van der Waals surface area (Å²) < 4.78 is 5.42. The van der Waals surface area contributed by atoms with Crippen LogP contribution in [0.25, 0.3) is 0 Å². The van der Waals surface area contributed by atoms with Crippen molar-refractivity contribution in [3.05, 3.63) is 33.9 Å². The zero-order valence-corrected chi connectivity index (χ0v) is 9.83. The third-order valence-corrected chi connectivity index (χ3v) is 2.93. The Morgan fingerprint density at radius 2 is 2.22 bits per heavy atom. The topological polar surface area (TPSA) is 89.7 Å². The summed E-state index contributed by atoms with van der Waals surface area (Å²) >= 11 is 0. The van der Waals surface area contributed by atoms with Crippen molar-refractivity contribution in [1.82, 2.24) is 0 Å². The molecule has 96 valence electrons. The summed E-state index contributed by atoms with van der Waals surface area (Å²) in [5.74, 6) is -0.743. The molecule has 6 nitrogen and oxygen atoms in total. The zero-order chi connectivity index (χ0) is 13.3. The molecule has 0 heterocycles. The Balaban J connectivity index is 2.23. The number of nitro groups is 1. The second-order valence-corrected chi connectivity index (χ2v) is 4.42. The van der Waals surface area contributed by atoms with E-state index >= 15 is 0 Å². The molecule has 0 radical (unpaired) electrons. The van der Waals surface area contributed by atoms with Gasteiger partial charge in [0, 0.05) is 12.0 Å². The van der Waals surface area contributed by atoms with Crippen LogP contribution in [0.4, 0.5) is 5.69 Å². The van der Waals surface area contributed by atoms with Crippen molar-refractivity contribution >= 4 is 11.7 Å². The molecular weight excluding hydrogens is 238 g/mol. The van der Waals surface area contributed by atoms with Gasteiger partial charge in [0.25, 0.3) is 5.69 Å². The number of benzene rings is 1. The second kappa shape index (κ2) is 4.64. The van der Waals surface area contributed by atoms with Gasteiger partial charge < -0.3 is 9.84 Å². The van der Waals surface area contributed by atoms with Gasteiger partial charge >= 0.3 is 5.97 Å². The first-order valence-electron chi connectivity index (χ1n) is 5.63. The van der Waals surface area contributed by atoms with E-state index in [0.29, 0.717) is 5.56 Å². The number of aliphatic carboxylic acids is 1. The smallest absolute Gasteiger partial charge is 0.345 e. The molecule has 0 aliphatic heterocycles. The minimum Gasteiger partial charge on any atom is -0.478 e. The Morgan fingerprint density at radius 3 is 2.72 bits per heavy atom. The molecule has 6 heteroatoms. The highest BCUT2D eigenvalue weighted by atomic mass is 16.6. The van der Waals surface area contributed by atoms with E-state index in [-0.39, 0.29) is 17.4 Å². The molecule has 0 saturated heterocycles. The first kappa shape index (κ1) is 12.3. The summed E-state index contributed by atoms with van der Waals surface area (Å²) in [6.45, 7) is 1.73. The number of carboxylic acids is 1. The van der Waals surface area contributed by atoms with E-state index in [1.165, 1.54) is 12.1 Å². The van der Waals surface area contributed by atoms with E-state index in [2.05, 4.69) is 0 Å². The standard InChI is InChI=1S/C12H13NO5/c1-7-2-5-9(13(16)17)6-10(7)18-11(12(14)15)8-3-4-8/h2,5-6,8,11H,3-4H2,1H3,(H,14,15). The normalized spacial score (nSPS) is 16.1. The van der Waals surface area contributed by atoms with Crippen LogP contribution in [0.3, 0.4) is 0 Å². The van der Waals surface area contributed by atoms with Crippen molar-refractivity contribution in [3.63, 3.8) is 0 Å². The number of carboxylic acid groups (broad SMARTS) is 1. The fourth-order valence-electron chi connectivity index (χ4n) is 1.71. The number of aryl methyl sites for hydroxylation is 1. The number of hydrogen-bond donors (Lipinski definition) is 1. The maximum atomic E-state index is 11.1. The number of hydrogen-bond acceptors (Lipinski definition) is 4. The maximum Gasteiger partial charge on any atom is 0.345 e. The van der Waals surface area contributed by atoms with Crippen LogP contribution >= 0.6 is 0 Å². The Labute approximate surface area is 103 Å². The van der Waals surface area contributed by atoms with Crippen LogP contribution in [0.1, 0.15) is 18.4 Å². The lowest BCUT2D eigenvalue weighted by molar-refractivity contribution is -0.385. The molecule has 1 N–H and O–H groups in total. The lowest BCUT2D eigenvalue weighted by Gasteiger charge is -2.15. The van der Waals surface area contributed by atoms with Gasteiger partial charge in [-0.05, 0) is 31.4 Å². The van der Waals surface area contributed by atoms with Crippen molar-refractivity contribution in [1.29, 1.82) is 0 Å². The Morgan fingerprint density at radius 1 is 1.56 bits per heavy atom. The molecule has 18 heavy (non-hydrogen) atoms. The van der Waals surface area contributed by atoms with Crippen LogP contribution < -0.4 is 4.74 Å². The summed E-state index contributed by atoms with van der Waals surface area (Å²) in [6, 6.07) is 4.20. The Bertz CT molecular complexity index is 495. The summed E-state index contributed by atoms with van der Waals surface area (Å²) in [6.07, 6.45) is 0.737. The highest BCUT2D eigenvalue weighted by Gasteiger charge is 2.38. The van der Waals surface area contributed by atoms with Gasteiger partial charge in [0.05, 0.1) is 11.0 Å². The van der Waals surface area contributed by atoms with Crippen molar-refractivity contribution in [2.24, 2.45) is 5.92 Å². The van der Waals surface area contributed by atoms with Gasteiger partial charge in [0.1, 0.15) is 5.75 Å². The predicted molar refractivity (Wildman–Crippen MR) is 62.6 cm³/mol. The molecule has 1 aromatic carbocycles. The van der Waals surface area contributed by atoms with Gasteiger partial charge in [-0.2, -0.15) is 0 Å². The molecule has 2 rings (SSSR count). The molecule has 1 fully saturated rings. The van der Waals surface area contributed by atoms with Gasteiger partial charge in [0.15, 0.2) is 6.10 Å². The summed E-state index contributed by atoms with van der Waals surface area (Å²) in [4.78, 5) is 21.2. The quantitative estimate of drug-likeness (QED) is 0.639. The first-order valence-corrected chi connectivity index (χ1v) is 5.63. The molecule has 1 atom stereocenters. The average Bonchev–Trinajstić information content (AvgIpc) is 3.11. The highest BCUT2D eigenvalue weighted by Crippen LogP contribution is 2.36. The fraction of sp³-hybridized carbons (Fsp3) is 0.417. The lowest BCUT2D eigenvalue weighted by atomic mass is 10.2. The molecule has 0 spiro atoms. The molecule has 0 bridgehead atoms. The van der Waals surface area contributed by atoms with Crippen LogP contribution in [0.5, 0.6) is 5.75 Å². The number of carbonyl (C=O) groups is 1. The van der Waals surface area contributed by atoms with Crippen LogP contribution in [-0.2, 0) is 4.79 Å².